The molecule has 8 heteroatoms. The molecule has 0 saturated heterocycles. The number of nitrogens with zero attached hydrogens (tertiary/aromatic N) is 1. The topological polar surface area (TPSA) is 83.7 Å². The Balaban J connectivity index is 1.82. The average molecular weight is 403 g/mol. The first-order valence-corrected chi connectivity index (χ1v) is 9.95. The van der Waals surface area contributed by atoms with Crippen molar-refractivity contribution in [3.8, 4) is 5.75 Å². The molecule has 0 fully saturated rings. The van der Waals surface area contributed by atoms with Crippen molar-refractivity contribution in [2.45, 2.75) is 38.0 Å². The molecule has 2 atom stereocenters. The molecule has 1 aromatic rings. The van der Waals surface area contributed by atoms with Gasteiger partial charge in [-0.25, -0.2) is 13.8 Å². The molecule has 156 valence electrons. The Kier molecular flexibility index (Phi) is 5.31. The number of likely N-dealkylation sites (N-methyl/N-ethyl adjacent to an activating group) is 1. The molecule has 0 aliphatic carbocycles. The van der Waals surface area contributed by atoms with E-state index in [4.69, 9.17) is 10.5 Å². The standard InChI is InChI=1S/C21H27F2N5O/c1-12-9-17(25-2)28-21(24,27-12)16-10-14-6-8-29-20(14)18(19(16)23)13-3-4-15(11-22)26-7-5-13/h5,9-10,15,26-27H,3-4,6-8,11,24H2,1-2H3,(H,25,28)/t15-,21?/m1/s1. The maximum Gasteiger partial charge on any atom is 0.214 e. The quantitative estimate of drug-likeness (QED) is 0.621. The second-order valence-corrected chi connectivity index (χ2v) is 7.69. The minimum Gasteiger partial charge on any atom is -0.492 e. The summed E-state index contributed by atoms with van der Waals surface area (Å²) in [6.07, 6.45) is 5.58. The third-order valence-electron chi connectivity index (χ3n) is 5.64. The molecule has 6 nitrogen and oxygen atoms in total. The lowest BCUT2D eigenvalue weighted by Gasteiger charge is -2.33. The zero-order valence-corrected chi connectivity index (χ0v) is 16.7. The highest BCUT2D eigenvalue weighted by Gasteiger charge is 2.37. The van der Waals surface area contributed by atoms with Crippen LogP contribution in [0.1, 0.15) is 36.5 Å². The Morgan fingerprint density at radius 3 is 3.00 bits per heavy atom. The summed E-state index contributed by atoms with van der Waals surface area (Å²) in [6.45, 7) is 2.40. The molecular weight excluding hydrogens is 376 g/mol. The van der Waals surface area contributed by atoms with Gasteiger partial charge in [0.2, 0.25) is 5.79 Å². The van der Waals surface area contributed by atoms with Crippen LogP contribution in [0.5, 0.6) is 5.75 Å². The van der Waals surface area contributed by atoms with E-state index in [-0.39, 0.29) is 11.6 Å². The highest BCUT2D eigenvalue weighted by molar-refractivity contribution is 5.94. The third-order valence-corrected chi connectivity index (χ3v) is 5.64. The molecule has 0 radical (unpaired) electrons. The maximum absolute atomic E-state index is 16.0. The summed E-state index contributed by atoms with van der Waals surface area (Å²) in [5.74, 6) is -0.733. The Morgan fingerprint density at radius 2 is 2.24 bits per heavy atom. The molecule has 1 unspecified atom stereocenters. The Hall–Kier alpha value is -2.45. The van der Waals surface area contributed by atoms with Crippen LogP contribution in [0.15, 0.2) is 28.9 Å². The van der Waals surface area contributed by atoms with Crippen molar-refractivity contribution in [3.63, 3.8) is 0 Å². The molecule has 4 rings (SSSR count). The average Bonchev–Trinajstić information content (AvgIpc) is 3.03. The molecular formula is C21H27F2N5O. The van der Waals surface area contributed by atoms with E-state index in [1.807, 2.05) is 19.1 Å². The number of ether oxygens (including phenoxy) is 1. The Morgan fingerprint density at radius 1 is 1.41 bits per heavy atom. The number of halogens is 2. The van der Waals surface area contributed by atoms with Crippen LogP contribution in [0.4, 0.5) is 8.78 Å². The number of nitrogens with one attached hydrogen (secondary N) is 3. The van der Waals surface area contributed by atoms with Gasteiger partial charge in [-0.05, 0) is 43.0 Å². The third kappa shape index (κ3) is 3.62. The molecule has 3 heterocycles. The van der Waals surface area contributed by atoms with E-state index >= 15 is 4.39 Å². The second-order valence-electron chi connectivity index (χ2n) is 7.69. The molecule has 0 bridgehead atoms. The van der Waals surface area contributed by atoms with Crippen LogP contribution in [-0.2, 0) is 12.2 Å². The first-order valence-electron chi connectivity index (χ1n) is 9.95. The van der Waals surface area contributed by atoms with Gasteiger partial charge in [0, 0.05) is 31.8 Å². The molecule has 0 aromatic heterocycles. The number of allylic oxidation sites excluding steroid dienone is 2. The highest BCUT2D eigenvalue weighted by Crippen LogP contribution is 2.42. The fourth-order valence-corrected chi connectivity index (χ4v) is 4.16. The second kappa shape index (κ2) is 7.76. The molecule has 29 heavy (non-hydrogen) atoms. The van der Waals surface area contributed by atoms with Gasteiger partial charge in [-0.2, -0.15) is 0 Å². The Bertz CT molecular complexity index is 911. The van der Waals surface area contributed by atoms with Crippen LogP contribution in [0.3, 0.4) is 0 Å². The molecule has 0 amide bonds. The van der Waals surface area contributed by atoms with Gasteiger partial charge in [0.15, 0.2) is 0 Å². The first kappa shape index (κ1) is 19.8. The minimum atomic E-state index is -1.43. The molecule has 1 aromatic carbocycles. The van der Waals surface area contributed by atoms with Crippen LogP contribution >= 0.6 is 0 Å². The highest BCUT2D eigenvalue weighted by atomic mass is 19.1. The summed E-state index contributed by atoms with van der Waals surface area (Å²) in [7, 11) is 1.75. The maximum atomic E-state index is 16.0. The summed E-state index contributed by atoms with van der Waals surface area (Å²) in [5.41, 5.74) is 9.78. The summed E-state index contributed by atoms with van der Waals surface area (Å²) in [5, 5.41) is 9.23. The minimum absolute atomic E-state index is 0.222. The van der Waals surface area contributed by atoms with Gasteiger partial charge in [-0.15, -0.1) is 0 Å². The van der Waals surface area contributed by atoms with E-state index in [1.54, 1.807) is 13.1 Å². The van der Waals surface area contributed by atoms with E-state index < -0.39 is 18.3 Å². The summed E-state index contributed by atoms with van der Waals surface area (Å²) in [4.78, 5) is 4.50. The zero-order valence-electron chi connectivity index (χ0n) is 16.7. The summed E-state index contributed by atoms with van der Waals surface area (Å²) < 4.78 is 34.9. The van der Waals surface area contributed by atoms with Crippen molar-refractivity contribution in [1.29, 1.82) is 0 Å². The van der Waals surface area contributed by atoms with E-state index in [0.717, 1.165) is 16.8 Å². The van der Waals surface area contributed by atoms with Gasteiger partial charge < -0.3 is 20.7 Å². The zero-order chi connectivity index (χ0) is 20.6. The predicted molar refractivity (Wildman–Crippen MR) is 110 cm³/mol. The monoisotopic (exact) mass is 403 g/mol. The van der Waals surface area contributed by atoms with Crippen LogP contribution in [0, 0.1) is 5.82 Å². The van der Waals surface area contributed by atoms with Crippen molar-refractivity contribution in [3.05, 3.63) is 46.4 Å². The van der Waals surface area contributed by atoms with Crippen LogP contribution < -0.4 is 26.4 Å². The molecule has 3 aliphatic rings. The van der Waals surface area contributed by atoms with Crippen molar-refractivity contribution < 1.29 is 13.5 Å². The van der Waals surface area contributed by atoms with Gasteiger partial charge in [-0.1, -0.05) is 6.08 Å². The lowest BCUT2D eigenvalue weighted by atomic mass is 9.91. The number of benzene rings is 1. The Labute approximate surface area is 169 Å². The van der Waals surface area contributed by atoms with Crippen LogP contribution in [0.25, 0.3) is 5.57 Å². The normalized spacial score (nSPS) is 26.4. The predicted octanol–water partition coefficient (Wildman–Crippen LogP) is 2.06. The number of rotatable bonds is 3. The lowest BCUT2D eigenvalue weighted by molar-refractivity contribution is 0.350. The molecule has 3 aliphatic heterocycles. The van der Waals surface area contributed by atoms with Crippen LogP contribution in [0.2, 0.25) is 0 Å². The molecule has 0 saturated carbocycles. The molecule has 5 N–H and O–H groups in total. The SMILES string of the molecule is CNC1=NC(N)(c2cc3c(c(C4=CCN[C@@H](CF)CC4)c2F)OCC3)NC(C)=C1. The summed E-state index contributed by atoms with van der Waals surface area (Å²) >= 11 is 0. The van der Waals surface area contributed by atoms with Gasteiger partial charge in [0.05, 0.1) is 17.7 Å². The molecule has 0 spiro atoms. The van der Waals surface area contributed by atoms with Gasteiger partial charge >= 0.3 is 0 Å². The van der Waals surface area contributed by atoms with Crippen molar-refractivity contribution in [1.82, 2.24) is 16.0 Å². The number of amidine groups is 1. The number of nitrogens with two attached hydrogens (primary N) is 1. The fourth-order valence-electron chi connectivity index (χ4n) is 4.16. The van der Waals surface area contributed by atoms with E-state index in [9.17, 15) is 4.39 Å². The largest absolute Gasteiger partial charge is 0.492 e. The number of hydrogen-bond acceptors (Lipinski definition) is 6. The van der Waals surface area contributed by atoms with Crippen molar-refractivity contribution in [2.24, 2.45) is 10.7 Å². The smallest absolute Gasteiger partial charge is 0.214 e. The van der Waals surface area contributed by atoms with Gasteiger partial charge in [0.25, 0.3) is 0 Å². The number of alkyl halides is 1. The fraction of sp³-hybridized carbons (Fsp3) is 0.476. The number of aliphatic imine (C=N–C) groups is 1. The van der Waals surface area contributed by atoms with Gasteiger partial charge in [-0.3, -0.25) is 5.73 Å². The summed E-state index contributed by atoms with van der Waals surface area (Å²) in [6, 6.07) is 1.53. The number of fused-ring (bicyclic) bond motifs is 1. The van der Waals surface area contributed by atoms with Gasteiger partial charge in [0.1, 0.15) is 24.1 Å². The first-order chi connectivity index (χ1) is 13.9. The van der Waals surface area contributed by atoms with Crippen molar-refractivity contribution >= 4 is 11.4 Å². The van der Waals surface area contributed by atoms with E-state index in [0.29, 0.717) is 49.6 Å². The lowest BCUT2D eigenvalue weighted by Crippen LogP contribution is -2.52. The van der Waals surface area contributed by atoms with E-state index in [2.05, 4.69) is 20.9 Å². The van der Waals surface area contributed by atoms with E-state index in [1.165, 1.54) is 0 Å². The number of hydrogen-bond donors (Lipinski definition) is 4. The van der Waals surface area contributed by atoms with Crippen LogP contribution in [-0.4, -0.2) is 38.8 Å². The van der Waals surface area contributed by atoms with Crippen molar-refractivity contribution in [2.75, 3.05) is 26.9 Å².